The van der Waals surface area contributed by atoms with E-state index in [9.17, 15) is 4.79 Å². The predicted octanol–water partition coefficient (Wildman–Crippen LogP) is 0.824. The molecule has 0 saturated carbocycles. The highest BCUT2D eigenvalue weighted by atomic mass is 32.2. The van der Waals surface area contributed by atoms with Gasteiger partial charge in [-0.1, -0.05) is 6.92 Å². The summed E-state index contributed by atoms with van der Waals surface area (Å²) < 4.78 is 7.15. The van der Waals surface area contributed by atoms with Gasteiger partial charge in [-0.15, -0.1) is 11.8 Å². The van der Waals surface area contributed by atoms with E-state index >= 15 is 0 Å². The number of anilines is 1. The first-order valence-electron chi connectivity index (χ1n) is 4.82. The first-order valence-corrected chi connectivity index (χ1v) is 5.87. The lowest BCUT2D eigenvalue weighted by molar-refractivity contribution is 0.0148. The number of aromatic nitrogens is 2. The van der Waals surface area contributed by atoms with Crippen molar-refractivity contribution in [3.05, 3.63) is 22.7 Å². The topological polar surface area (TPSA) is 70.1 Å². The van der Waals surface area contributed by atoms with Crippen molar-refractivity contribution in [1.29, 1.82) is 0 Å². The van der Waals surface area contributed by atoms with Crippen molar-refractivity contribution < 1.29 is 4.74 Å². The van der Waals surface area contributed by atoms with Gasteiger partial charge in [0.05, 0.1) is 0 Å². The predicted molar refractivity (Wildman–Crippen MR) is 59.6 cm³/mol. The summed E-state index contributed by atoms with van der Waals surface area (Å²) in [5, 5.41) is 0. The largest absolute Gasteiger partial charge is 0.383 e. The second-order valence-corrected chi connectivity index (χ2v) is 4.50. The van der Waals surface area contributed by atoms with Crippen LogP contribution in [-0.4, -0.2) is 20.7 Å². The van der Waals surface area contributed by atoms with Gasteiger partial charge >= 0.3 is 5.69 Å². The van der Waals surface area contributed by atoms with E-state index in [2.05, 4.69) is 11.9 Å². The summed E-state index contributed by atoms with van der Waals surface area (Å²) in [5.41, 5.74) is 5.24. The summed E-state index contributed by atoms with van der Waals surface area (Å²) in [4.78, 5) is 15.2. The molecule has 1 saturated heterocycles. The molecule has 82 valence electrons. The minimum absolute atomic E-state index is 0.180. The van der Waals surface area contributed by atoms with Gasteiger partial charge < -0.3 is 10.5 Å². The Kier molecular flexibility index (Phi) is 2.97. The molecule has 0 amide bonds. The van der Waals surface area contributed by atoms with E-state index in [1.54, 1.807) is 24.0 Å². The fourth-order valence-corrected chi connectivity index (χ4v) is 2.51. The minimum Gasteiger partial charge on any atom is -0.383 e. The van der Waals surface area contributed by atoms with Crippen molar-refractivity contribution in [3.8, 4) is 0 Å². The zero-order valence-electron chi connectivity index (χ0n) is 8.42. The molecule has 5 nitrogen and oxygen atoms in total. The van der Waals surface area contributed by atoms with Gasteiger partial charge in [-0.3, -0.25) is 4.57 Å². The molecule has 15 heavy (non-hydrogen) atoms. The number of rotatable bonds is 2. The zero-order chi connectivity index (χ0) is 10.8. The number of nitrogens with zero attached hydrogens (tertiary/aromatic N) is 2. The Balaban J connectivity index is 2.20. The molecule has 2 atom stereocenters. The van der Waals surface area contributed by atoms with Crippen LogP contribution in [0.1, 0.15) is 19.6 Å². The monoisotopic (exact) mass is 227 g/mol. The molecule has 0 bridgehead atoms. The maximum absolute atomic E-state index is 11.5. The first kappa shape index (κ1) is 10.5. The standard InChI is InChI=1S/C9H13N3O2S/c1-2-8-14-7(5-15-8)12-4-3-6(10)11-9(12)13/h3-4,7-8H,2,5H2,1H3,(H2,10,11,13)/t7-,8+/m0/s1. The number of thioether (sulfide) groups is 1. The summed E-state index contributed by atoms with van der Waals surface area (Å²) in [6, 6.07) is 1.61. The highest BCUT2D eigenvalue weighted by Crippen LogP contribution is 2.32. The van der Waals surface area contributed by atoms with Crippen LogP contribution in [0.15, 0.2) is 17.1 Å². The molecule has 0 aromatic carbocycles. The third-order valence-corrected chi connectivity index (χ3v) is 3.52. The highest BCUT2D eigenvalue weighted by Gasteiger charge is 2.26. The summed E-state index contributed by atoms with van der Waals surface area (Å²) in [5.74, 6) is 1.03. The van der Waals surface area contributed by atoms with E-state index in [-0.39, 0.29) is 23.2 Å². The maximum Gasteiger partial charge on any atom is 0.351 e. The molecule has 0 radical (unpaired) electrons. The Bertz CT molecular complexity index is 407. The number of nitrogens with two attached hydrogens (primary N) is 1. The Morgan fingerprint density at radius 3 is 3.20 bits per heavy atom. The van der Waals surface area contributed by atoms with Crippen LogP contribution in [0.4, 0.5) is 5.82 Å². The molecule has 1 aliphatic heterocycles. The average molecular weight is 227 g/mol. The quantitative estimate of drug-likeness (QED) is 0.810. The lowest BCUT2D eigenvalue weighted by Gasteiger charge is -2.13. The summed E-state index contributed by atoms with van der Waals surface area (Å²) in [6.07, 6.45) is 2.37. The molecule has 1 aromatic rings. The van der Waals surface area contributed by atoms with Gasteiger partial charge in [-0.25, -0.2) is 4.79 Å². The zero-order valence-corrected chi connectivity index (χ0v) is 9.24. The van der Waals surface area contributed by atoms with E-state index in [4.69, 9.17) is 10.5 Å². The van der Waals surface area contributed by atoms with Gasteiger partial charge in [-0.05, 0) is 12.5 Å². The molecule has 1 aromatic heterocycles. The fraction of sp³-hybridized carbons (Fsp3) is 0.556. The van der Waals surface area contributed by atoms with Crippen LogP contribution in [0.25, 0.3) is 0 Å². The van der Waals surface area contributed by atoms with Crippen LogP contribution in [0, 0.1) is 0 Å². The Hall–Kier alpha value is -1.01. The molecule has 2 N–H and O–H groups in total. The third-order valence-electron chi connectivity index (χ3n) is 2.23. The van der Waals surface area contributed by atoms with Crippen LogP contribution >= 0.6 is 11.8 Å². The number of ether oxygens (including phenoxy) is 1. The van der Waals surface area contributed by atoms with Crippen molar-refractivity contribution in [1.82, 2.24) is 9.55 Å². The van der Waals surface area contributed by atoms with E-state index in [0.29, 0.717) is 0 Å². The van der Waals surface area contributed by atoms with Gasteiger partial charge in [-0.2, -0.15) is 4.98 Å². The van der Waals surface area contributed by atoms with E-state index < -0.39 is 0 Å². The number of hydrogen-bond acceptors (Lipinski definition) is 5. The fourth-order valence-electron chi connectivity index (χ4n) is 1.45. The van der Waals surface area contributed by atoms with Gasteiger partial charge in [0, 0.05) is 11.9 Å². The van der Waals surface area contributed by atoms with Crippen molar-refractivity contribution in [2.24, 2.45) is 0 Å². The van der Waals surface area contributed by atoms with Crippen LogP contribution in [0.3, 0.4) is 0 Å². The number of nitrogen functional groups attached to an aromatic ring is 1. The molecule has 1 aliphatic rings. The Labute approximate surface area is 91.6 Å². The lowest BCUT2D eigenvalue weighted by atomic mass is 10.5. The first-order chi connectivity index (χ1) is 7.20. The molecular formula is C9H13N3O2S. The van der Waals surface area contributed by atoms with Crippen LogP contribution in [-0.2, 0) is 4.74 Å². The molecule has 2 rings (SSSR count). The molecule has 0 aliphatic carbocycles. The smallest absolute Gasteiger partial charge is 0.351 e. The van der Waals surface area contributed by atoms with Crippen molar-refractivity contribution >= 4 is 17.6 Å². The minimum atomic E-state index is -0.350. The van der Waals surface area contributed by atoms with E-state index in [0.717, 1.165) is 12.2 Å². The van der Waals surface area contributed by atoms with Crippen LogP contribution in [0.2, 0.25) is 0 Å². The average Bonchev–Trinajstić information content (AvgIpc) is 2.66. The van der Waals surface area contributed by atoms with Gasteiger partial charge in [0.15, 0.2) is 0 Å². The summed E-state index contributed by atoms with van der Waals surface area (Å²) in [7, 11) is 0. The second kappa shape index (κ2) is 4.24. The summed E-state index contributed by atoms with van der Waals surface area (Å²) in [6.45, 7) is 2.06. The highest BCUT2D eigenvalue weighted by molar-refractivity contribution is 7.99. The lowest BCUT2D eigenvalue weighted by Crippen LogP contribution is -2.28. The molecule has 2 heterocycles. The van der Waals surface area contributed by atoms with Crippen LogP contribution < -0.4 is 11.4 Å². The number of hydrogen-bond donors (Lipinski definition) is 1. The van der Waals surface area contributed by atoms with Crippen molar-refractivity contribution in [2.75, 3.05) is 11.5 Å². The second-order valence-electron chi connectivity index (χ2n) is 3.30. The SMILES string of the molecule is CC[C@@H]1O[C@H](n2ccc(N)nc2=O)CS1. The molecule has 6 heteroatoms. The molecule has 1 fully saturated rings. The molecule has 0 unspecified atom stereocenters. The van der Waals surface area contributed by atoms with E-state index in [1.807, 2.05) is 0 Å². The van der Waals surface area contributed by atoms with E-state index in [1.165, 1.54) is 4.57 Å². The van der Waals surface area contributed by atoms with Gasteiger partial charge in [0.1, 0.15) is 17.5 Å². The van der Waals surface area contributed by atoms with Gasteiger partial charge in [0.2, 0.25) is 0 Å². The van der Waals surface area contributed by atoms with Gasteiger partial charge in [0.25, 0.3) is 0 Å². The summed E-state index contributed by atoms with van der Waals surface area (Å²) >= 11 is 1.72. The van der Waals surface area contributed by atoms with Crippen molar-refractivity contribution in [2.45, 2.75) is 25.0 Å². The molecular weight excluding hydrogens is 214 g/mol. The maximum atomic E-state index is 11.5. The van der Waals surface area contributed by atoms with Crippen molar-refractivity contribution in [3.63, 3.8) is 0 Å². The normalized spacial score (nSPS) is 25.7. The third kappa shape index (κ3) is 2.15. The Morgan fingerprint density at radius 2 is 2.60 bits per heavy atom. The Morgan fingerprint density at radius 1 is 1.80 bits per heavy atom. The van der Waals surface area contributed by atoms with Crippen LogP contribution in [0.5, 0.6) is 0 Å². The molecule has 0 spiro atoms.